The van der Waals surface area contributed by atoms with Crippen LogP contribution in [0.15, 0.2) is 0 Å². The number of carbonyl (C=O) groups is 1. The lowest BCUT2D eigenvalue weighted by atomic mass is 9.74. The van der Waals surface area contributed by atoms with Crippen molar-refractivity contribution in [3.8, 4) is 0 Å². The summed E-state index contributed by atoms with van der Waals surface area (Å²) in [5, 5.41) is 8.96. The van der Waals surface area contributed by atoms with Gasteiger partial charge in [-0.1, -0.05) is 0 Å². The normalized spacial score (nSPS) is 34.0. The molecule has 2 aliphatic heterocycles. The maximum Gasteiger partial charge on any atom is 0.468 e. The van der Waals surface area contributed by atoms with Crippen LogP contribution in [0.4, 0.5) is 13.6 Å². The fraction of sp³-hybridized carbons (Fsp3) is 0.929. The Morgan fingerprint density at radius 1 is 1.14 bits per heavy atom. The third-order valence-corrected chi connectivity index (χ3v) is 6.04. The molecule has 1 N–H and O–H groups in total. The molecule has 1 amide bonds. The van der Waals surface area contributed by atoms with Gasteiger partial charge in [-0.2, -0.15) is 0 Å². The van der Waals surface area contributed by atoms with Gasteiger partial charge in [0.1, 0.15) is 0 Å². The van der Waals surface area contributed by atoms with E-state index in [0.29, 0.717) is 0 Å². The molecule has 22 heavy (non-hydrogen) atoms. The Morgan fingerprint density at radius 3 is 2.00 bits per heavy atom. The predicted molar refractivity (Wildman–Crippen MR) is 76.0 cm³/mol. The van der Waals surface area contributed by atoms with Crippen molar-refractivity contribution < 1.29 is 28.0 Å². The van der Waals surface area contributed by atoms with E-state index >= 15 is 0 Å². The van der Waals surface area contributed by atoms with Crippen LogP contribution in [0.2, 0.25) is 5.82 Å². The van der Waals surface area contributed by atoms with E-state index in [2.05, 4.69) is 0 Å². The molecular formula is C14H22BF2NO4. The zero-order chi connectivity index (χ0) is 16.6. The molecule has 0 aromatic carbocycles. The molecular weight excluding hydrogens is 295 g/mol. The number of rotatable bonds is 1. The van der Waals surface area contributed by atoms with Crippen molar-refractivity contribution in [3.63, 3.8) is 0 Å². The van der Waals surface area contributed by atoms with Gasteiger partial charge < -0.3 is 19.3 Å². The fourth-order valence-electron chi connectivity index (χ4n) is 3.74. The van der Waals surface area contributed by atoms with Crippen LogP contribution >= 0.6 is 0 Å². The Morgan fingerprint density at radius 2 is 1.59 bits per heavy atom. The van der Waals surface area contributed by atoms with E-state index in [1.165, 1.54) is 4.90 Å². The first-order chi connectivity index (χ1) is 9.95. The molecule has 0 aromatic heterocycles. The van der Waals surface area contributed by atoms with Gasteiger partial charge in [-0.25, -0.2) is 13.6 Å². The van der Waals surface area contributed by atoms with Crippen LogP contribution in [0.1, 0.15) is 40.5 Å². The lowest BCUT2D eigenvalue weighted by molar-refractivity contribution is 0.00578. The van der Waals surface area contributed by atoms with E-state index in [1.54, 1.807) is 0 Å². The van der Waals surface area contributed by atoms with Gasteiger partial charge in [-0.3, -0.25) is 0 Å². The molecule has 2 heterocycles. The Labute approximate surface area is 129 Å². The Bertz CT molecular complexity index is 487. The molecule has 3 fully saturated rings. The highest BCUT2D eigenvalue weighted by atomic mass is 19.3. The second-order valence-electron chi connectivity index (χ2n) is 7.65. The molecule has 0 aromatic rings. The number of alkyl halides is 2. The summed E-state index contributed by atoms with van der Waals surface area (Å²) in [5.74, 6) is -3.85. The summed E-state index contributed by atoms with van der Waals surface area (Å²) in [4.78, 5) is 12.1. The fourth-order valence-corrected chi connectivity index (χ4v) is 3.74. The summed E-state index contributed by atoms with van der Waals surface area (Å²) in [6.45, 7) is 7.64. The topological polar surface area (TPSA) is 59.0 Å². The molecule has 1 aliphatic carbocycles. The van der Waals surface area contributed by atoms with E-state index in [9.17, 15) is 13.6 Å². The molecule has 1 saturated carbocycles. The molecule has 1 spiro atoms. The summed E-state index contributed by atoms with van der Waals surface area (Å²) in [6, 6.07) is 0. The number of hydrogen-bond acceptors (Lipinski definition) is 3. The van der Waals surface area contributed by atoms with E-state index in [4.69, 9.17) is 14.4 Å². The minimum absolute atomic E-state index is 0.140. The van der Waals surface area contributed by atoms with Crippen LogP contribution in [-0.4, -0.2) is 53.4 Å². The summed E-state index contributed by atoms with van der Waals surface area (Å²) in [7, 11) is -0.934. The number of carboxylic acid groups (broad SMARTS) is 1. The van der Waals surface area contributed by atoms with Crippen molar-refractivity contribution in [1.29, 1.82) is 0 Å². The Hall–Kier alpha value is -0.885. The highest BCUT2D eigenvalue weighted by Crippen LogP contribution is 2.77. The van der Waals surface area contributed by atoms with Gasteiger partial charge in [-0.15, -0.1) is 0 Å². The van der Waals surface area contributed by atoms with Crippen molar-refractivity contribution in [2.45, 2.75) is 63.5 Å². The molecule has 5 nitrogen and oxygen atoms in total. The van der Waals surface area contributed by atoms with Gasteiger partial charge in [0.25, 0.3) is 5.92 Å². The molecule has 0 bridgehead atoms. The number of piperidine rings is 1. The minimum Gasteiger partial charge on any atom is -0.465 e. The molecule has 124 valence electrons. The first kappa shape index (κ1) is 16.0. The monoisotopic (exact) mass is 317 g/mol. The van der Waals surface area contributed by atoms with Gasteiger partial charge >= 0.3 is 13.2 Å². The van der Waals surface area contributed by atoms with Gasteiger partial charge in [0, 0.05) is 18.5 Å². The lowest BCUT2D eigenvalue weighted by Gasteiger charge is -2.32. The molecule has 3 rings (SSSR count). The van der Waals surface area contributed by atoms with Crippen LogP contribution in [-0.2, 0) is 9.31 Å². The Kier molecular flexibility index (Phi) is 3.16. The molecule has 2 saturated heterocycles. The van der Waals surface area contributed by atoms with E-state index in [0.717, 1.165) is 0 Å². The summed E-state index contributed by atoms with van der Waals surface area (Å²) in [6.07, 6.45) is -0.742. The van der Waals surface area contributed by atoms with Gasteiger partial charge in [0.15, 0.2) is 0 Å². The molecule has 3 aliphatic rings. The second-order valence-corrected chi connectivity index (χ2v) is 7.65. The average molecular weight is 317 g/mol. The van der Waals surface area contributed by atoms with Crippen molar-refractivity contribution in [2.24, 2.45) is 5.41 Å². The number of nitrogens with zero attached hydrogens (tertiary/aromatic N) is 1. The van der Waals surface area contributed by atoms with Crippen LogP contribution in [0.3, 0.4) is 0 Å². The van der Waals surface area contributed by atoms with E-state index in [1.807, 2.05) is 27.7 Å². The minimum atomic E-state index is -2.86. The third-order valence-electron chi connectivity index (χ3n) is 6.04. The maximum absolute atomic E-state index is 14.5. The smallest absolute Gasteiger partial charge is 0.465 e. The van der Waals surface area contributed by atoms with E-state index in [-0.39, 0.29) is 25.9 Å². The van der Waals surface area contributed by atoms with Crippen molar-refractivity contribution >= 4 is 13.2 Å². The first-order valence-electron chi connectivity index (χ1n) is 7.66. The van der Waals surface area contributed by atoms with Crippen LogP contribution in [0.25, 0.3) is 0 Å². The van der Waals surface area contributed by atoms with Gasteiger partial charge in [0.05, 0.1) is 17.0 Å². The van der Waals surface area contributed by atoms with Crippen LogP contribution in [0.5, 0.6) is 0 Å². The Balaban J connectivity index is 1.76. The van der Waals surface area contributed by atoms with Gasteiger partial charge in [0.2, 0.25) is 0 Å². The highest BCUT2D eigenvalue weighted by molar-refractivity contribution is 6.49. The first-order valence-corrected chi connectivity index (χ1v) is 7.66. The molecule has 1 unspecified atom stereocenters. The van der Waals surface area contributed by atoms with E-state index < -0.39 is 41.6 Å². The molecule has 8 heteroatoms. The zero-order valence-corrected chi connectivity index (χ0v) is 13.4. The molecule has 1 atom stereocenters. The average Bonchev–Trinajstić information content (AvgIpc) is 2.72. The van der Waals surface area contributed by atoms with Crippen LogP contribution in [0, 0.1) is 5.41 Å². The van der Waals surface area contributed by atoms with Crippen molar-refractivity contribution in [2.75, 3.05) is 13.1 Å². The maximum atomic E-state index is 14.5. The highest BCUT2D eigenvalue weighted by Gasteiger charge is 2.85. The number of halogens is 2. The summed E-state index contributed by atoms with van der Waals surface area (Å²) in [5.41, 5.74) is -2.46. The third kappa shape index (κ3) is 1.92. The summed E-state index contributed by atoms with van der Waals surface area (Å²) >= 11 is 0. The largest absolute Gasteiger partial charge is 0.468 e. The SMILES string of the molecule is CC1(C)OB(C2C(F)(F)C23CCN(C(=O)O)CC3)OC1(C)C. The standard InChI is InChI=1S/C14H22BF2NO4/c1-11(2)12(3,4)22-15(21-11)9-13(14(9,16)17)5-7-18(8-6-13)10(19)20/h9H,5-8H2,1-4H3,(H,19,20). The zero-order valence-electron chi connectivity index (χ0n) is 13.4. The predicted octanol–water partition coefficient (Wildman–Crippen LogP) is 2.86. The van der Waals surface area contributed by atoms with Gasteiger partial charge in [-0.05, 0) is 40.5 Å². The number of amides is 1. The molecule has 0 radical (unpaired) electrons. The lowest BCUT2D eigenvalue weighted by Crippen LogP contribution is -2.41. The second kappa shape index (κ2) is 4.35. The van der Waals surface area contributed by atoms with Crippen molar-refractivity contribution in [1.82, 2.24) is 4.90 Å². The number of likely N-dealkylation sites (tertiary alicyclic amines) is 1. The van der Waals surface area contributed by atoms with Crippen molar-refractivity contribution in [3.05, 3.63) is 0 Å². The number of hydrogen-bond donors (Lipinski definition) is 1. The quantitative estimate of drug-likeness (QED) is 0.756. The van der Waals surface area contributed by atoms with Crippen LogP contribution < -0.4 is 0 Å². The summed E-state index contributed by atoms with van der Waals surface area (Å²) < 4.78 is 40.6.